The summed E-state index contributed by atoms with van der Waals surface area (Å²) in [4.78, 5) is 7.14. The van der Waals surface area contributed by atoms with E-state index >= 15 is 0 Å². The Morgan fingerprint density at radius 3 is 2.70 bits per heavy atom. The zero-order valence-corrected chi connectivity index (χ0v) is 13.6. The molecule has 5 heteroatoms. The van der Waals surface area contributed by atoms with Crippen LogP contribution in [-0.4, -0.2) is 15.9 Å². The van der Waals surface area contributed by atoms with Crippen LogP contribution in [0.2, 0.25) is 0 Å². The summed E-state index contributed by atoms with van der Waals surface area (Å²) in [5.74, 6) is 0. The number of thiophene rings is 1. The van der Waals surface area contributed by atoms with Crippen molar-refractivity contribution in [1.82, 2.24) is 9.38 Å². The molecule has 0 aliphatic rings. The van der Waals surface area contributed by atoms with Gasteiger partial charge in [-0.15, -0.1) is 22.7 Å². The van der Waals surface area contributed by atoms with Gasteiger partial charge in [0.15, 0.2) is 4.96 Å². The van der Waals surface area contributed by atoms with Crippen molar-refractivity contribution in [2.45, 2.75) is 32.6 Å². The van der Waals surface area contributed by atoms with E-state index in [0.29, 0.717) is 6.54 Å². The Morgan fingerprint density at radius 2 is 2.10 bits per heavy atom. The summed E-state index contributed by atoms with van der Waals surface area (Å²) >= 11 is 3.45. The minimum absolute atomic E-state index is 0.106. The van der Waals surface area contributed by atoms with Crippen LogP contribution in [0.1, 0.15) is 32.2 Å². The van der Waals surface area contributed by atoms with E-state index in [2.05, 4.69) is 48.1 Å². The van der Waals surface area contributed by atoms with Crippen LogP contribution >= 0.6 is 22.7 Å². The number of fused-ring (bicyclic) bond motifs is 1. The first-order chi connectivity index (χ1) is 9.52. The maximum absolute atomic E-state index is 5.83. The molecule has 2 N–H and O–H groups in total. The molecule has 0 saturated heterocycles. The summed E-state index contributed by atoms with van der Waals surface area (Å²) in [5.41, 5.74) is 9.59. The summed E-state index contributed by atoms with van der Waals surface area (Å²) in [6.45, 7) is 7.37. The normalized spacial score (nSPS) is 12.4. The van der Waals surface area contributed by atoms with Gasteiger partial charge in [-0.05, 0) is 18.0 Å². The van der Waals surface area contributed by atoms with Crippen molar-refractivity contribution < 1.29 is 0 Å². The van der Waals surface area contributed by atoms with E-state index in [9.17, 15) is 0 Å². The Kier molecular flexibility index (Phi) is 3.44. The van der Waals surface area contributed by atoms with E-state index in [4.69, 9.17) is 10.7 Å². The summed E-state index contributed by atoms with van der Waals surface area (Å²) < 4.78 is 2.31. The highest BCUT2D eigenvalue weighted by Gasteiger charge is 2.24. The Bertz CT molecular complexity index is 714. The maximum Gasteiger partial charge on any atom is 0.194 e. The molecule has 0 saturated carbocycles. The molecule has 0 spiro atoms. The molecule has 0 aromatic carbocycles. The monoisotopic (exact) mass is 305 g/mol. The number of thiazole rings is 1. The van der Waals surface area contributed by atoms with Crippen LogP contribution in [0, 0.1) is 0 Å². The molecule has 3 nitrogen and oxygen atoms in total. The Morgan fingerprint density at radius 1 is 1.30 bits per heavy atom. The fraction of sp³-hybridized carbons (Fsp3) is 0.400. The van der Waals surface area contributed by atoms with E-state index in [1.807, 2.05) is 0 Å². The predicted octanol–water partition coefficient (Wildman–Crippen LogP) is 3.92. The molecule has 0 aliphatic heterocycles. The molecule has 3 aromatic heterocycles. The quantitative estimate of drug-likeness (QED) is 0.797. The Balaban J connectivity index is 2.28. The van der Waals surface area contributed by atoms with E-state index in [-0.39, 0.29) is 5.41 Å². The molecular weight excluding hydrogens is 286 g/mol. The molecule has 3 rings (SSSR count). The minimum atomic E-state index is 0.106. The van der Waals surface area contributed by atoms with E-state index in [0.717, 1.165) is 17.1 Å². The van der Waals surface area contributed by atoms with Gasteiger partial charge >= 0.3 is 0 Å². The Hall–Kier alpha value is -1.17. The summed E-state index contributed by atoms with van der Waals surface area (Å²) in [6.07, 6.45) is 0.855. The number of rotatable bonds is 3. The van der Waals surface area contributed by atoms with Crippen molar-refractivity contribution in [3.8, 4) is 10.6 Å². The second-order valence-electron chi connectivity index (χ2n) is 5.91. The van der Waals surface area contributed by atoms with Crippen molar-refractivity contribution in [2.75, 3.05) is 6.54 Å². The largest absolute Gasteiger partial charge is 0.330 e. The number of hydrogen-bond acceptors (Lipinski definition) is 4. The first-order valence-corrected chi connectivity index (χ1v) is 8.51. The van der Waals surface area contributed by atoms with Crippen LogP contribution in [0.3, 0.4) is 0 Å². The van der Waals surface area contributed by atoms with Crippen molar-refractivity contribution in [1.29, 1.82) is 0 Å². The van der Waals surface area contributed by atoms with Gasteiger partial charge in [-0.1, -0.05) is 26.8 Å². The topological polar surface area (TPSA) is 43.3 Å². The third kappa shape index (κ3) is 2.20. The number of hydrogen-bond donors (Lipinski definition) is 1. The maximum atomic E-state index is 5.83. The van der Waals surface area contributed by atoms with Gasteiger partial charge in [-0.3, -0.25) is 4.40 Å². The highest BCUT2D eigenvalue weighted by molar-refractivity contribution is 7.15. The van der Waals surface area contributed by atoms with Crippen LogP contribution in [0.15, 0.2) is 22.9 Å². The molecule has 106 valence electrons. The highest BCUT2D eigenvalue weighted by Crippen LogP contribution is 2.35. The van der Waals surface area contributed by atoms with E-state index in [1.165, 1.54) is 16.3 Å². The zero-order chi connectivity index (χ0) is 14.3. The van der Waals surface area contributed by atoms with Crippen molar-refractivity contribution in [2.24, 2.45) is 5.73 Å². The lowest BCUT2D eigenvalue weighted by atomic mass is 9.93. The average molecular weight is 305 g/mol. The minimum Gasteiger partial charge on any atom is -0.330 e. The standard InChI is InChI=1S/C15H19N3S2/c1-15(2,3)12-9-20-14-17-13(11-5-4-8-19-11)10(6-7-16)18(12)14/h4-5,8-9H,6-7,16H2,1-3H3. The lowest BCUT2D eigenvalue weighted by Crippen LogP contribution is -2.16. The van der Waals surface area contributed by atoms with Crippen LogP contribution < -0.4 is 5.73 Å². The third-order valence-electron chi connectivity index (χ3n) is 3.36. The van der Waals surface area contributed by atoms with Crippen molar-refractivity contribution in [3.63, 3.8) is 0 Å². The van der Waals surface area contributed by atoms with E-state index < -0.39 is 0 Å². The molecule has 0 unspecified atom stereocenters. The number of imidazole rings is 1. The SMILES string of the molecule is CC(C)(C)c1csc2nc(-c3cccs3)c(CCN)n12. The molecule has 3 aromatic rings. The molecule has 3 heterocycles. The van der Waals surface area contributed by atoms with Gasteiger partial charge in [-0.25, -0.2) is 4.98 Å². The van der Waals surface area contributed by atoms with Gasteiger partial charge in [0.2, 0.25) is 0 Å². The zero-order valence-electron chi connectivity index (χ0n) is 12.0. The fourth-order valence-corrected chi connectivity index (χ4v) is 4.28. The highest BCUT2D eigenvalue weighted by atomic mass is 32.1. The third-order valence-corrected chi connectivity index (χ3v) is 5.07. The lowest BCUT2D eigenvalue weighted by Gasteiger charge is -2.18. The van der Waals surface area contributed by atoms with Gasteiger partial charge in [0.1, 0.15) is 5.69 Å². The van der Waals surface area contributed by atoms with Crippen LogP contribution in [-0.2, 0) is 11.8 Å². The van der Waals surface area contributed by atoms with Crippen LogP contribution in [0.5, 0.6) is 0 Å². The van der Waals surface area contributed by atoms with Gasteiger partial charge < -0.3 is 5.73 Å². The first-order valence-electron chi connectivity index (χ1n) is 6.75. The van der Waals surface area contributed by atoms with Gasteiger partial charge in [0.25, 0.3) is 0 Å². The molecular formula is C15H19N3S2. The number of aromatic nitrogens is 2. The van der Waals surface area contributed by atoms with Gasteiger partial charge in [0.05, 0.1) is 10.6 Å². The first kappa shape index (κ1) is 13.8. The molecule has 0 aliphatic carbocycles. The summed E-state index contributed by atoms with van der Waals surface area (Å²) in [5, 5.41) is 4.32. The van der Waals surface area contributed by atoms with Crippen LogP contribution in [0.25, 0.3) is 15.5 Å². The number of nitrogens with two attached hydrogens (primary N) is 1. The lowest BCUT2D eigenvalue weighted by molar-refractivity contribution is 0.561. The summed E-state index contributed by atoms with van der Waals surface area (Å²) in [6, 6.07) is 4.21. The average Bonchev–Trinajstić information content (AvgIpc) is 3.03. The fourth-order valence-electron chi connectivity index (χ4n) is 2.41. The Labute approximate surface area is 127 Å². The second kappa shape index (κ2) is 4.98. The molecule has 0 bridgehead atoms. The van der Waals surface area contributed by atoms with Crippen molar-refractivity contribution in [3.05, 3.63) is 34.3 Å². The van der Waals surface area contributed by atoms with E-state index in [1.54, 1.807) is 22.7 Å². The molecule has 0 amide bonds. The smallest absolute Gasteiger partial charge is 0.194 e. The van der Waals surface area contributed by atoms with Gasteiger partial charge in [-0.2, -0.15) is 0 Å². The molecule has 0 radical (unpaired) electrons. The predicted molar refractivity (Wildman–Crippen MR) is 87.8 cm³/mol. The number of nitrogens with zero attached hydrogens (tertiary/aromatic N) is 2. The second-order valence-corrected chi connectivity index (χ2v) is 7.70. The van der Waals surface area contributed by atoms with Gasteiger partial charge in [0, 0.05) is 22.9 Å². The summed E-state index contributed by atoms with van der Waals surface area (Å²) in [7, 11) is 0. The molecule has 0 fully saturated rings. The molecule has 20 heavy (non-hydrogen) atoms. The van der Waals surface area contributed by atoms with Crippen LogP contribution in [0.4, 0.5) is 0 Å². The van der Waals surface area contributed by atoms with Crippen molar-refractivity contribution >= 4 is 27.6 Å². The molecule has 0 atom stereocenters.